The molecule has 1 saturated heterocycles. The average Bonchev–Trinajstić information content (AvgIpc) is 2.67. The van der Waals surface area contributed by atoms with Gasteiger partial charge in [0.25, 0.3) is 0 Å². The molecule has 3 nitrogen and oxygen atoms in total. The van der Waals surface area contributed by atoms with Crippen molar-refractivity contribution < 1.29 is 9.47 Å². The third-order valence-electron chi connectivity index (χ3n) is 3.45. The van der Waals surface area contributed by atoms with Gasteiger partial charge in [-0.3, -0.25) is 0 Å². The van der Waals surface area contributed by atoms with Crippen LogP contribution >= 0.6 is 12.2 Å². The zero-order valence-electron chi connectivity index (χ0n) is 11.7. The molecular formula is C15H21NO2S. The van der Waals surface area contributed by atoms with E-state index in [-0.39, 0.29) is 11.7 Å². The first-order valence-electron chi connectivity index (χ1n) is 6.58. The normalized spacial score (nSPS) is 21.3. The fourth-order valence-electron chi connectivity index (χ4n) is 2.29. The molecule has 19 heavy (non-hydrogen) atoms. The van der Waals surface area contributed by atoms with Crippen molar-refractivity contribution in [1.29, 1.82) is 0 Å². The molecule has 2 rings (SSSR count). The van der Waals surface area contributed by atoms with E-state index in [1.807, 2.05) is 25.1 Å². The summed E-state index contributed by atoms with van der Waals surface area (Å²) in [5.41, 5.74) is 7.53. The number of nitrogens with two attached hydrogens (primary N) is 1. The minimum atomic E-state index is -0.0241. The SMILES string of the molecule is Cc1ccc(C(N)=S)cc1OCC1CCC(C)(C)O1. The van der Waals surface area contributed by atoms with Crippen molar-refractivity contribution in [3.05, 3.63) is 29.3 Å². The van der Waals surface area contributed by atoms with Crippen molar-refractivity contribution in [3.8, 4) is 5.75 Å². The highest BCUT2D eigenvalue weighted by Gasteiger charge is 2.31. The quantitative estimate of drug-likeness (QED) is 0.861. The first-order valence-corrected chi connectivity index (χ1v) is 6.99. The lowest BCUT2D eigenvalue weighted by molar-refractivity contribution is -0.0327. The molecule has 0 amide bonds. The van der Waals surface area contributed by atoms with Gasteiger partial charge in [0, 0.05) is 5.56 Å². The van der Waals surface area contributed by atoms with Gasteiger partial charge in [-0.05, 0) is 45.2 Å². The molecule has 1 atom stereocenters. The van der Waals surface area contributed by atoms with Gasteiger partial charge in [-0.15, -0.1) is 0 Å². The van der Waals surface area contributed by atoms with Crippen LogP contribution in [0.3, 0.4) is 0 Å². The summed E-state index contributed by atoms with van der Waals surface area (Å²) in [7, 11) is 0. The van der Waals surface area contributed by atoms with E-state index in [1.54, 1.807) is 0 Å². The van der Waals surface area contributed by atoms with Gasteiger partial charge in [-0.2, -0.15) is 0 Å². The van der Waals surface area contributed by atoms with Crippen molar-refractivity contribution in [3.63, 3.8) is 0 Å². The smallest absolute Gasteiger partial charge is 0.123 e. The number of thiocarbonyl (C=S) groups is 1. The topological polar surface area (TPSA) is 44.5 Å². The molecule has 0 spiro atoms. The molecule has 1 aromatic carbocycles. The number of benzene rings is 1. The van der Waals surface area contributed by atoms with Gasteiger partial charge in [-0.25, -0.2) is 0 Å². The maximum atomic E-state index is 5.91. The monoisotopic (exact) mass is 279 g/mol. The third-order valence-corrected chi connectivity index (χ3v) is 3.69. The highest BCUT2D eigenvalue weighted by Crippen LogP contribution is 2.30. The summed E-state index contributed by atoms with van der Waals surface area (Å²) < 4.78 is 11.8. The van der Waals surface area contributed by atoms with E-state index in [2.05, 4.69) is 13.8 Å². The van der Waals surface area contributed by atoms with Crippen LogP contribution < -0.4 is 10.5 Å². The Morgan fingerprint density at radius 2 is 2.26 bits per heavy atom. The van der Waals surface area contributed by atoms with Crippen LogP contribution in [0.4, 0.5) is 0 Å². The number of hydrogen-bond acceptors (Lipinski definition) is 3. The highest BCUT2D eigenvalue weighted by molar-refractivity contribution is 7.80. The van der Waals surface area contributed by atoms with E-state index in [0.29, 0.717) is 11.6 Å². The molecule has 104 valence electrons. The zero-order valence-corrected chi connectivity index (χ0v) is 12.5. The van der Waals surface area contributed by atoms with Gasteiger partial charge in [0.05, 0.1) is 11.7 Å². The molecule has 1 aliphatic rings. The van der Waals surface area contributed by atoms with Gasteiger partial charge in [0.2, 0.25) is 0 Å². The van der Waals surface area contributed by atoms with E-state index in [0.717, 1.165) is 29.7 Å². The molecule has 0 bridgehead atoms. The number of hydrogen-bond donors (Lipinski definition) is 1. The molecule has 4 heteroatoms. The summed E-state index contributed by atoms with van der Waals surface area (Å²) in [4.78, 5) is 0.392. The molecule has 0 radical (unpaired) electrons. The Morgan fingerprint density at radius 1 is 1.53 bits per heavy atom. The summed E-state index contributed by atoms with van der Waals surface area (Å²) in [5, 5.41) is 0. The summed E-state index contributed by atoms with van der Waals surface area (Å²) in [6.45, 7) is 6.82. The zero-order chi connectivity index (χ0) is 14.0. The van der Waals surface area contributed by atoms with E-state index < -0.39 is 0 Å². The predicted octanol–water partition coefficient (Wildman–Crippen LogP) is 2.97. The Bertz CT molecular complexity index is 485. The average molecular weight is 279 g/mol. The Balaban J connectivity index is 2.00. The molecule has 0 aromatic heterocycles. The van der Waals surface area contributed by atoms with Gasteiger partial charge >= 0.3 is 0 Å². The molecule has 1 aromatic rings. The van der Waals surface area contributed by atoms with Crippen LogP contribution in [0.25, 0.3) is 0 Å². The van der Waals surface area contributed by atoms with Crippen molar-refractivity contribution in [1.82, 2.24) is 0 Å². The van der Waals surface area contributed by atoms with Crippen molar-refractivity contribution >= 4 is 17.2 Å². The molecule has 1 fully saturated rings. The minimum Gasteiger partial charge on any atom is -0.491 e. The van der Waals surface area contributed by atoms with E-state index in [4.69, 9.17) is 27.4 Å². The Kier molecular flexibility index (Phi) is 4.11. The molecule has 0 saturated carbocycles. The van der Waals surface area contributed by atoms with Crippen molar-refractivity contribution in [2.24, 2.45) is 5.73 Å². The Labute approximate surface area is 120 Å². The summed E-state index contributed by atoms with van der Waals surface area (Å²) >= 11 is 4.98. The fraction of sp³-hybridized carbons (Fsp3) is 0.533. The second-order valence-electron chi connectivity index (χ2n) is 5.69. The number of ether oxygens (including phenoxy) is 2. The van der Waals surface area contributed by atoms with E-state index in [1.165, 1.54) is 0 Å². The summed E-state index contributed by atoms with van der Waals surface area (Å²) in [5.74, 6) is 0.832. The van der Waals surface area contributed by atoms with Crippen LogP contribution in [0, 0.1) is 6.92 Å². The first-order chi connectivity index (χ1) is 8.87. The Hall–Kier alpha value is -1.13. The second kappa shape index (κ2) is 5.47. The van der Waals surface area contributed by atoms with Crippen molar-refractivity contribution in [2.75, 3.05) is 6.61 Å². The highest BCUT2D eigenvalue weighted by atomic mass is 32.1. The number of rotatable bonds is 4. The first kappa shape index (κ1) is 14.3. The fourth-order valence-corrected chi connectivity index (χ4v) is 2.41. The lowest BCUT2D eigenvalue weighted by atomic mass is 10.1. The molecule has 1 aliphatic heterocycles. The summed E-state index contributed by atoms with van der Waals surface area (Å²) in [6, 6.07) is 5.79. The van der Waals surface area contributed by atoms with Crippen LogP contribution in [0.15, 0.2) is 18.2 Å². The standard InChI is InChI=1S/C15H21NO2S/c1-10-4-5-11(14(16)19)8-13(10)17-9-12-6-7-15(2,3)18-12/h4-5,8,12H,6-7,9H2,1-3H3,(H2,16,19). The molecule has 0 aliphatic carbocycles. The van der Waals surface area contributed by atoms with E-state index in [9.17, 15) is 0 Å². The second-order valence-corrected chi connectivity index (χ2v) is 6.13. The number of aryl methyl sites for hydroxylation is 1. The lowest BCUT2D eigenvalue weighted by Gasteiger charge is -2.20. The summed E-state index contributed by atoms with van der Waals surface area (Å²) in [6.07, 6.45) is 2.29. The molecular weight excluding hydrogens is 258 g/mol. The molecule has 1 heterocycles. The van der Waals surface area contributed by atoms with Gasteiger partial charge in [0.1, 0.15) is 17.3 Å². The van der Waals surface area contributed by atoms with Crippen LogP contribution in [0.2, 0.25) is 0 Å². The largest absolute Gasteiger partial charge is 0.491 e. The van der Waals surface area contributed by atoms with Crippen LogP contribution in [0.5, 0.6) is 5.75 Å². The van der Waals surface area contributed by atoms with Gasteiger partial charge in [0.15, 0.2) is 0 Å². The van der Waals surface area contributed by atoms with Crippen LogP contribution in [0.1, 0.15) is 37.8 Å². The van der Waals surface area contributed by atoms with Gasteiger partial charge < -0.3 is 15.2 Å². The maximum absolute atomic E-state index is 5.91. The molecule has 2 N–H and O–H groups in total. The van der Waals surface area contributed by atoms with Gasteiger partial charge in [-0.1, -0.05) is 24.4 Å². The van der Waals surface area contributed by atoms with E-state index >= 15 is 0 Å². The lowest BCUT2D eigenvalue weighted by Crippen LogP contribution is -2.24. The minimum absolute atomic E-state index is 0.0241. The Morgan fingerprint density at radius 3 is 2.84 bits per heavy atom. The maximum Gasteiger partial charge on any atom is 0.123 e. The predicted molar refractivity (Wildman–Crippen MR) is 80.7 cm³/mol. The molecule has 1 unspecified atom stereocenters. The van der Waals surface area contributed by atoms with Crippen LogP contribution in [-0.4, -0.2) is 23.3 Å². The van der Waals surface area contributed by atoms with Crippen LogP contribution in [-0.2, 0) is 4.74 Å². The third kappa shape index (κ3) is 3.67. The van der Waals surface area contributed by atoms with Crippen molar-refractivity contribution in [2.45, 2.75) is 45.3 Å².